The van der Waals surface area contributed by atoms with Gasteiger partial charge in [-0.05, 0) is 36.7 Å². The summed E-state index contributed by atoms with van der Waals surface area (Å²) in [5, 5.41) is 2.75. The molecule has 0 saturated carbocycles. The smallest absolute Gasteiger partial charge is 0.244 e. The van der Waals surface area contributed by atoms with Gasteiger partial charge in [0.2, 0.25) is 15.9 Å². The highest BCUT2D eigenvalue weighted by Crippen LogP contribution is 2.25. The van der Waals surface area contributed by atoms with Gasteiger partial charge in [-0.1, -0.05) is 19.9 Å². The molecule has 1 aromatic rings. The Morgan fingerprint density at radius 2 is 2.05 bits per heavy atom. The molecular formula is C15H22N2O4S. The van der Waals surface area contributed by atoms with Gasteiger partial charge in [0.25, 0.3) is 0 Å². The Morgan fingerprint density at radius 3 is 2.59 bits per heavy atom. The third-order valence-corrected chi connectivity index (χ3v) is 4.29. The molecule has 0 unspecified atom stereocenters. The Kier molecular flexibility index (Phi) is 6.58. The maximum Gasteiger partial charge on any atom is 0.244 e. The van der Waals surface area contributed by atoms with Crippen LogP contribution >= 0.6 is 0 Å². The zero-order chi connectivity index (χ0) is 16.8. The first-order valence-electron chi connectivity index (χ1n) is 6.87. The Hall–Kier alpha value is -1.86. The van der Waals surface area contributed by atoms with Crippen LogP contribution in [0.1, 0.15) is 19.4 Å². The number of nitrogens with one attached hydrogen (secondary N) is 2. The Labute approximate surface area is 131 Å². The molecule has 6 nitrogen and oxygen atoms in total. The molecule has 7 heteroatoms. The molecule has 0 aromatic heterocycles. The van der Waals surface area contributed by atoms with Crippen LogP contribution in [0.4, 0.5) is 0 Å². The minimum atomic E-state index is -3.63. The van der Waals surface area contributed by atoms with Crippen LogP contribution in [0, 0.1) is 5.92 Å². The van der Waals surface area contributed by atoms with Gasteiger partial charge >= 0.3 is 0 Å². The molecule has 0 aliphatic rings. The maximum atomic E-state index is 12.0. The van der Waals surface area contributed by atoms with Gasteiger partial charge in [-0.3, -0.25) is 4.79 Å². The molecule has 0 aliphatic carbocycles. The van der Waals surface area contributed by atoms with E-state index in [-0.39, 0.29) is 16.6 Å². The number of benzene rings is 1. The molecule has 1 aromatic carbocycles. The average molecular weight is 326 g/mol. The van der Waals surface area contributed by atoms with E-state index in [0.29, 0.717) is 18.0 Å². The van der Waals surface area contributed by atoms with Crippen molar-refractivity contribution in [3.8, 4) is 5.75 Å². The van der Waals surface area contributed by atoms with E-state index in [0.717, 1.165) is 0 Å². The molecule has 0 atom stereocenters. The highest BCUT2D eigenvalue weighted by atomic mass is 32.2. The normalized spacial score (nSPS) is 11.9. The van der Waals surface area contributed by atoms with Crippen molar-refractivity contribution in [1.29, 1.82) is 0 Å². The number of ether oxygens (including phenoxy) is 1. The molecule has 0 bridgehead atoms. The maximum absolute atomic E-state index is 12.0. The standard InChI is InChI=1S/C15H22N2O4S/c1-11(2)10-17-15(18)8-6-12-5-7-13(21-4)14(9-12)22(19,20)16-3/h5-9,11,16H,10H2,1-4H3,(H,17,18)/b8-6+. The molecule has 0 aliphatic heterocycles. The summed E-state index contributed by atoms with van der Waals surface area (Å²) in [6, 6.07) is 4.69. The number of sulfonamides is 1. The largest absolute Gasteiger partial charge is 0.495 e. The first-order valence-corrected chi connectivity index (χ1v) is 8.36. The Morgan fingerprint density at radius 1 is 1.36 bits per heavy atom. The van der Waals surface area contributed by atoms with Crippen LogP contribution in [0.15, 0.2) is 29.2 Å². The molecule has 1 rings (SSSR count). The molecule has 122 valence electrons. The Balaban J connectivity index is 2.98. The molecule has 1 amide bonds. The third-order valence-electron chi connectivity index (χ3n) is 2.86. The van der Waals surface area contributed by atoms with Gasteiger partial charge in [0.05, 0.1) is 7.11 Å². The molecule has 0 heterocycles. The van der Waals surface area contributed by atoms with Crippen LogP contribution in [-0.2, 0) is 14.8 Å². The van der Waals surface area contributed by atoms with Crippen LogP contribution in [0.25, 0.3) is 6.08 Å². The van der Waals surface area contributed by atoms with Crippen molar-refractivity contribution in [2.45, 2.75) is 18.7 Å². The van der Waals surface area contributed by atoms with Crippen LogP contribution in [-0.4, -0.2) is 35.0 Å². The fourth-order valence-electron chi connectivity index (χ4n) is 1.65. The molecular weight excluding hydrogens is 304 g/mol. The van der Waals surface area contributed by atoms with E-state index < -0.39 is 10.0 Å². The van der Waals surface area contributed by atoms with Gasteiger partial charge in [0, 0.05) is 12.6 Å². The van der Waals surface area contributed by atoms with Crippen molar-refractivity contribution >= 4 is 22.0 Å². The van der Waals surface area contributed by atoms with Gasteiger partial charge < -0.3 is 10.1 Å². The number of amides is 1. The SMILES string of the molecule is CNS(=O)(=O)c1cc(/C=C/C(=O)NCC(C)C)ccc1OC. The van der Waals surface area contributed by atoms with Crippen molar-refractivity contribution in [3.05, 3.63) is 29.8 Å². The van der Waals surface area contributed by atoms with E-state index in [1.807, 2.05) is 13.8 Å². The van der Waals surface area contributed by atoms with Gasteiger partial charge in [-0.2, -0.15) is 0 Å². The summed E-state index contributed by atoms with van der Waals surface area (Å²) in [6.45, 7) is 4.59. The van der Waals surface area contributed by atoms with E-state index in [9.17, 15) is 13.2 Å². The Bertz CT molecular complexity index is 652. The first-order chi connectivity index (χ1) is 10.3. The molecule has 0 fully saturated rings. The fourth-order valence-corrected chi connectivity index (χ4v) is 2.58. The minimum Gasteiger partial charge on any atom is -0.495 e. The third kappa shape index (κ3) is 5.16. The monoisotopic (exact) mass is 326 g/mol. The van der Waals surface area contributed by atoms with Crippen molar-refractivity contribution < 1.29 is 17.9 Å². The van der Waals surface area contributed by atoms with Crippen LogP contribution in [0.5, 0.6) is 5.75 Å². The van der Waals surface area contributed by atoms with E-state index >= 15 is 0 Å². The van der Waals surface area contributed by atoms with E-state index in [2.05, 4.69) is 10.0 Å². The lowest BCUT2D eigenvalue weighted by Crippen LogP contribution is -2.25. The predicted octanol–water partition coefficient (Wildman–Crippen LogP) is 1.39. The average Bonchev–Trinajstić information content (AvgIpc) is 2.50. The zero-order valence-electron chi connectivity index (χ0n) is 13.2. The van der Waals surface area contributed by atoms with Crippen LogP contribution in [0.3, 0.4) is 0 Å². The number of rotatable bonds is 7. The summed E-state index contributed by atoms with van der Waals surface area (Å²) in [7, 11) is -0.901. The second-order valence-electron chi connectivity index (χ2n) is 5.09. The fraction of sp³-hybridized carbons (Fsp3) is 0.400. The summed E-state index contributed by atoms with van der Waals surface area (Å²) in [5.41, 5.74) is 0.592. The lowest BCUT2D eigenvalue weighted by atomic mass is 10.2. The van der Waals surface area contributed by atoms with E-state index in [1.54, 1.807) is 18.2 Å². The quantitative estimate of drug-likeness (QED) is 0.742. The lowest BCUT2D eigenvalue weighted by molar-refractivity contribution is -0.116. The zero-order valence-corrected chi connectivity index (χ0v) is 14.0. The number of carbonyl (C=O) groups excluding carboxylic acids is 1. The number of methoxy groups -OCH3 is 1. The predicted molar refractivity (Wildman–Crippen MR) is 86.1 cm³/mol. The van der Waals surface area contributed by atoms with Crippen molar-refractivity contribution in [2.24, 2.45) is 5.92 Å². The van der Waals surface area contributed by atoms with E-state index in [1.165, 1.54) is 26.3 Å². The van der Waals surface area contributed by atoms with Crippen LogP contribution < -0.4 is 14.8 Å². The molecule has 2 N–H and O–H groups in total. The lowest BCUT2D eigenvalue weighted by Gasteiger charge is -2.09. The van der Waals surface area contributed by atoms with Crippen molar-refractivity contribution in [3.63, 3.8) is 0 Å². The van der Waals surface area contributed by atoms with Gasteiger partial charge in [-0.15, -0.1) is 0 Å². The topological polar surface area (TPSA) is 84.5 Å². The summed E-state index contributed by atoms with van der Waals surface area (Å²) in [5.74, 6) is 0.393. The first kappa shape index (κ1) is 18.2. The van der Waals surface area contributed by atoms with E-state index in [4.69, 9.17) is 4.74 Å². The number of hydrogen-bond donors (Lipinski definition) is 2. The van der Waals surface area contributed by atoms with Gasteiger partial charge in [-0.25, -0.2) is 13.1 Å². The minimum absolute atomic E-state index is 0.0299. The summed E-state index contributed by atoms with van der Waals surface area (Å²) in [6.07, 6.45) is 2.93. The van der Waals surface area contributed by atoms with Gasteiger partial charge in [0.1, 0.15) is 10.6 Å². The number of carbonyl (C=O) groups is 1. The second-order valence-corrected chi connectivity index (χ2v) is 6.95. The molecule has 0 spiro atoms. The highest BCUT2D eigenvalue weighted by molar-refractivity contribution is 7.89. The van der Waals surface area contributed by atoms with Gasteiger partial charge in [0.15, 0.2) is 0 Å². The summed E-state index contributed by atoms with van der Waals surface area (Å²) < 4.78 is 31.2. The highest BCUT2D eigenvalue weighted by Gasteiger charge is 2.17. The van der Waals surface area contributed by atoms with Crippen molar-refractivity contribution in [1.82, 2.24) is 10.0 Å². The number of hydrogen-bond acceptors (Lipinski definition) is 4. The molecule has 22 heavy (non-hydrogen) atoms. The van der Waals surface area contributed by atoms with Crippen LogP contribution in [0.2, 0.25) is 0 Å². The molecule has 0 saturated heterocycles. The molecule has 0 radical (unpaired) electrons. The summed E-state index contributed by atoms with van der Waals surface area (Å²) in [4.78, 5) is 11.7. The second kappa shape index (κ2) is 7.95. The van der Waals surface area contributed by atoms with Crippen molar-refractivity contribution in [2.75, 3.05) is 20.7 Å². The summed E-state index contributed by atoms with van der Waals surface area (Å²) >= 11 is 0.